The minimum absolute atomic E-state index is 0.101. The molecule has 0 radical (unpaired) electrons. The Balaban J connectivity index is 1.52. The first kappa shape index (κ1) is 17.6. The molecule has 6 rings (SSSR count). The summed E-state index contributed by atoms with van der Waals surface area (Å²) in [6.45, 7) is 2.84. The Labute approximate surface area is 159 Å². The molecule has 1 aromatic rings. The van der Waals surface area contributed by atoms with Gasteiger partial charge in [-0.3, -0.25) is 4.79 Å². The van der Waals surface area contributed by atoms with E-state index in [1.807, 2.05) is 19.1 Å². The monoisotopic (exact) mass is 373 g/mol. The van der Waals surface area contributed by atoms with Gasteiger partial charge in [-0.25, -0.2) is 4.39 Å². The molecule has 1 amide bonds. The average molecular weight is 373 g/mol. The zero-order valence-corrected chi connectivity index (χ0v) is 15.8. The molecule has 5 heteroatoms. The Bertz CT molecular complexity index is 721. The molecular weight excluding hydrogens is 345 g/mol. The fourth-order valence-electron chi connectivity index (χ4n) is 6.86. The Morgan fingerprint density at radius 2 is 1.59 bits per heavy atom. The summed E-state index contributed by atoms with van der Waals surface area (Å²) in [4.78, 5) is 14.8. The van der Waals surface area contributed by atoms with Crippen LogP contribution in [0.3, 0.4) is 0 Å². The molecular formula is C22H28FNO3. The molecule has 1 heterocycles. The second kappa shape index (κ2) is 5.77. The van der Waals surface area contributed by atoms with Gasteiger partial charge in [-0.2, -0.15) is 0 Å². The summed E-state index contributed by atoms with van der Waals surface area (Å²) in [6.07, 6.45) is 3.79. The van der Waals surface area contributed by atoms with Crippen LogP contribution in [0.25, 0.3) is 0 Å². The molecule has 5 fully saturated rings. The summed E-state index contributed by atoms with van der Waals surface area (Å²) in [6, 6.07) is 6.76. The molecule has 5 aliphatic rings. The highest BCUT2D eigenvalue weighted by Gasteiger charge is 2.64. The van der Waals surface area contributed by atoms with Gasteiger partial charge in [0.2, 0.25) is 5.91 Å². The van der Waals surface area contributed by atoms with Crippen molar-refractivity contribution in [3.05, 3.63) is 35.6 Å². The number of amides is 1. The van der Waals surface area contributed by atoms with Crippen molar-refractivity contribution in [3.8, 4) is 0 Å². The van der Waals surface area contributed by atoms with Gasteiger partial charge < -0.3 is 15.1 Å². The first-order chi connectivity index (χ1) is 12.8. The molecule has 4 aliphatic carbocycles. The molecule has 27 heavy (non-hydrogen) atoms. The van der Waals surface area contributed by atoms with Crippen molar-refractivity contribution in [1.82, 2.24) is 4.90 Å². The van der Waals surface area contributed by atoms with Gasteiger partial charge in [0.1, 0.15) is 5.82 Å². The molecule has 2 N–H and O–H groups in total. The number of aliphatic hydroxyl groups excluding tert-OH is 1. The topological polar surface area (TPSA) is 60.8 Å². The smallest absolute Gasteiger partial charge is 0.223 e. The summed E-state index contributed by atoms with van der Waals surface area (Å²) in [5.41, 5.74) is 0.217. The van der Waals surface area contributed by atoms with E-state index in [0.717, 1.165) is 31.2 Å². The molecule has 4 nitrogen and oxygen atoms in total. The predicted molar refractivity (Wildman–Crippen MR) is 98.3 cm³/mol. The summed E-state index contributed by atoms with van der Waals surface area (Å²) in [7, 11) is 0. The Hall–Kier alpha value is -1.46. The predicted octanol–water partition coefficient (Wildman–Crippen LogP) is 2.47. The zero-order valence-electron chi connectivity index (χ0n) is 15.8. The highest BCUT2D eigenvalue weighted by molar-refractivity contribution is 5.79. The minimum atomic E-state index is -0.590. The van der Waals surface area contributed by atoms with Crippen LogP contribution < -0.4 is 0 Å². The van der Waals surface area contributed by atoms with E-state index in [9.17, 15) is 19.4 Å². The molecule has 0 atom stereocenters. The van der Waals surface area contributed by atoms with Gasteiger partial charge in [0.15, 0.2) is 0 Å². The largest absolute Gasteiger partial charge is 0.390 e. The van der Waals surface area contributed by atoms with E-state index >= 15 is 0 Å². The number of carbonyl (C=O) groups is 1. The van der Waals surface area contributed by atoms with Crippen molar-refractivity contribution < 1.29 is 19.4 Å². The number of rotatable bonds is 3. The second-order valence-corrected chi connectivity index (χ2v) is 9.63. The number of halogens is 1. The van der Waals surface area contributed by atoms with E-state index in [4.69, 9.17) is 0 Å². The van der Waals surface area contributed by atoms with Crippen molar-refractivity contribution in [3.63, 3.8) is 0 Å². The number of aliphatic hydroxyl groups is 2. The third-order valence-corrected chi connectivity index (χ3v) is 8.43. The third kappa shape index (κ3) is 2.44. The van der Waals surface area contributed by atoms with E-state index in [0.29, 0.717) is 43.2 Å². The number of hydrogen-bond donors (Lipinski definition) is 2. The van der Waals surface area contributed by atoms with Gasteiger partial charge in [-0.1, -0.05) is 12.1 Å². The molecule has 1 aliphatic heterocycles. The van der Waals surface area contributed by atoms with E-state index in [1.165, 1.54) is 12.1 Å². The SMILES string of the molecule is C[C@]1(O)C2CC3CC1CC(C2)[C@@]3(CC(=O)N1CC(O)C1)c1ccc(F)cc1. The maximum absolute atomic E-state index is 13.6. The van der Waals surface area contributed by atoms with Crippen molar-refractivity contribution in [1.29, 1.82) is 0 Å². The van der Waals surface area contributed by atoms with Gasteiger partial charge in [0.05, 0.1) is 11.7 Å². The van der Waals surface area contributed by atoms with Gasteiger partial charge in [-0.15, -0.1) is 0 Å². The van der Waals surface area contributed by atoms with Crippen molar-refractivity contribution in [2.45, 2.75) is 56.1 Å². The summed E-state index contributed by atoms with van der Waals surface area (Å²) in [5, 5.41) is 20.5. The van der Waals surface area contributed by atoms with Crippen LogP contribution in [0.4, 0.5) is 4.39 Å². The number of likely N-dealkylation sites (tertiary alicyclic amines) is 1. The molecule has 1 saturated heterocycles. The van der Waals surface area contributed by atoms with Crippen LogP contribution >= 0.6 is 0 Å². The fraction of sp³-hybridized carbons (Fsp3) is 0.682. The first-order valence-electron chi connectivity index (χ1n) is 10.2. The Morgan fingerprint density at radius 1 is 1.07 bits per heavy atom. The minimum Gasteiger partial charge on any atom is -0.390 e. The average Bonchev–Trinajstić information content (AvgIpc) is 2.57. The van der Waals surface area contributed by atoms with E-state index < -0.39 is 11.7 Å². The van der Waals surface area contributed by atoms with Crippen LogP contribution in [0, 0.1) is 29.5 Å². The van der Waals surface area contributed by atoms with Crippen molar-refractivity contribution >= 4 is 5.91 Å². The molecule has 4 bridgehead atoms. The summed E-state index contributed by atoms with van der Waals surface area (Å²) < 4.78 is 13.6. The maximum Gasteiger partial charge on any atom is 0.223 e. The highest BCUT2D eigenvalue weighted by atomic mass is 19.1. The number of carbonyl (C=O) groups excluding carboxylic acids is 1. The van der Waals surface area contributed by atoms with Gasteiger partial charge in [0, 0.05) is 24.9 Å². The fourth-order valence-corrected chi connectivity index (χ4v) is 6.86. The summed E-state index contributed by atoms with van der Waals surface area (Å²) in [5.74, 6) is 1.15. The third-order valence-electron chi connectivity index (χ3n) is 8.43. The van der Waals surface area contributed by atoms with Crippen LogP contribution in [0.1, 0.15) is 44.6 Å². The summed E-state index contributed by atoms with van der Waals surface area (Å²) >= 11 is 0. The zero-order chi connectivity index (χ0) is 19.0. The highest BCUT2D eigenvalue weighted by Crippen LogP contribution is 2.66. The van der Waals surface area contributed by atoms with E-state index in [1.54, 1.807) is 4.90 Å². The van der Waals surface area contributed by atoms with Gasteiger partial charge in [0.25, 0.3) is 0 Å². The van der Waals surface area contributed by atoms with Crippen LogP contribution in [0.5, 0.6) is 0 Å². The number of hydrogen-bond acceptors (Lipinski definition) is 3. The molecule has 0 unspecified atom stereocenters. The lowest BCUT2D eigenvalue weighted by Gasteiger charge is -2.66. The molecule has 146 valence electrons. The van der Waals surface area contributed by atoms with Crippen LogP contribution in [0.15, 0.2) is 24.3 Å². The lowest BCUT2D eigenvalue weighted by atomic mass is 9.40. The lowest BCUT2D eigenvalue weighted by molar-refractivity contribution is -0.195. The van der Waals surface area contributed by atoms with Crippen LogP contribution in [-0.4, -0.2) is 45.8 Å². The Morgan fingerprint density at radius 3 is 2.07 bits per heavy atom. The van der Waals surface area contributed by atoms with Crippen LogP contribution in [0.2, 0.25) is 0 Å². The lowest BCUT2D eigenvalue weighted by Crippen LogP contribution is -2.65. The van der Waals surface area contributed by atoms with Crippen molar-refractivity contribution in [2.75, 3.05) is 13.1 Å². The second-order valence-electron chi connectivity index (χ2n) is 9.63. The van der Waals surface area contributed by atoms with Gasteiger partial charge in [-0.05, 0) is 74.0 Å². The number of β-amino-alcohol motifs (C(OH)–C–C–N with tert-alkyl or cyclic N) is 1. The normalized spacial score (nSPS) is 43.0. The van der Waals surface area contributed by atoms with E-state index in [2.05, 4.69) is 0 Å². The molecule has 0 spiro atoms. The maximum atomic E-state index is 13.6. The number of nitrogens with zero attached hydrogens (tertiary/aromatic N) is 1. The molecule has 4 saturated carbocycles. The number of benzene rings is 1. The molecule has 1 aromatic carbocycles. The van der Waals surface area contributed by atoms with Crippen LogP contribution in [-0.2, 0) is 10.2 Å². The van der Waals surface area contributed by atoms with Crippen molar-refractivity contribution in [2.24, 2.45) is 23.7 Å². The first-order valence-corrected chi connectivity index (χ1v) is 10.2. The quantitative estimate of drug-likeness (QED) is 0.856. The van der Waals surface area contributed by atoms with E-state index in [-0.39, 0.29) is 17.1 Å². The standard InChI is InChI=1S/C22H28FNO3/c1-21(27)14-6-16-8-15(21)9-17(7-14)22(16,13-2-4-18(23)5-3-13)10-20(26)24-11-19(25)12-24/h2-5,14-17,19,25,27H,6-12H2,1H3/t14?,15?,16?,17?,21-,22-. The van der Waals surface area contributed by atoms with Gasteiger partial charge >= 0.3 is 0 Å². The molecule has 0 aromatic heterocycles. The Kier molecular flexibility index (Phi) is 3.77.